The van der Waals surface area contributed by atoms with Crippen molar-refractivity contribution in [2.24, 2.45) is 5.92 Å². The normalized spacial score (nSPS) is 24.1. The molecule has 0 saturated heterocycles. The molecular weight excluding hydrogens is 221 g/mol. The molecule has 1 aliphatic carbocycles. The number of aliphatic hydroxyl groups excluding tert-OH is 1. The average molecular weight is 239 g/mol. The summed E-state index contributed by atoms with van der Waals surface area (Å²) in [5.74, 6) is -0.368. The maximum atomic E-state index is 13.0. The molecule has 17 heavy (non-hydrogen) atoms. The molecule has 94 valence electrons. The number of phenols is 1. The zero-order valence-electron chi connectivity index (χ0n) is 9.69. The number of para-hydroxylation sites is 1. The largest absolute Gasteiger partial charge is 0.505 e. The second kappa shape index (κ2) is 5.47. The van der Waals surface area contributed by atoms with Crippen LogP contribution in [-0.2, 0) is 6.54 Å². The van der Waals surface area contributed by atoms with Crippen LogP contribution in [0.25, 0.3) is 0 Å². The molecular formula is C13H18FNO2. The Bertz CT molecular complexity index is 384. The Morgan fingerprint density at radius 3 is 2.88 bits per heavy atom. The molecule has 2 unspecified atom stereocenters. The molecule has 0 heterocycles. The number of phenolic OH excluding ortho intramolecular Hbond substituents is 1. The summed E-state index contributed by atoms with van der Waals surface area (Å²) in [6.07, 6.45) is 2.58. The van der Waals surface area contributed by atoms with E-state index in [0.717, 1.165) is 25.8 Å². The predicted molar refractivity (Wildman–Crippen MR) is 63.1 cm³/mol. The smallest absolute Gasteiger partial charge is 0.165 e. The summed E-state index contributed by atoms with van der Waals surface area (Å²) in [5.41, 5.74) is 0.573. The van der Waals surface area contributed by atoms with Crippen LogP contribution in [0.2, 0.25) is 0 Å². The van der Waals surface area contributed by atoms with Crippen LogP contribution in [0.5, 0.6) is 5.75 Å². The summed E-state index contributed by atoms with van der Waals surface area (Å²) in [5, 5.41) is 22.1. The van der Waals surface area contributed by atoms with Gasteiger partial charge in [0.2, 0.25) is 0 Å². The summed E-state index contributed by atoms with van der Waals surface area (Å²) in [6.45, 7) is 1.25. The second-order valence-electron chi connectivity index (χ2n) is 4.71. The molecule has 1 aromatic rings. The quantitative estimate of drug-likeness (QED) is 0.750. The van der Waals surface area contributed by atoms with Gasteiger partial charge in [0.15, 0.2) is 11.6 Å². The number of rotatable bonds is 4. The molecule has 0 aromatic heterocycles. The van der Waals surface area contributed by atoms with Gasteiger partial charge in [-0.15, -0.1) is 0 Å². The van der Waals surface area contributed by atoms with E-state index in [4.69, 9.17) is 0 Å². The van der Waals surface area contributed by atoms with E-state index in [1.54, 1.807) is 12.1 Å². The van der Waals surface area contributed by atoms with Crippen molar-refractivity contribution in [3.8, 4) is 5.75 Å². The highest BCUT2D eigenvalue weighted by atomic mass is 19.1. The van der Waals surface area contributed by atoms with Gasteiger partial charge in [0.1, 0.15) is 0 Å². The van der Waals surface area contributed by atoms with E-state index < -0.39 is 5.82 Å². The van der Waals surface area contributed by atoms with E-state index in [9.17, 15) is 14.6 Å². The lowest BCUT2D eigenvalue weighted by molar-refractivity contribution is 0.177. The van der Waals surface area contributed by atoms with E-state index >= 15 is 0 Å². The summed E-state index contributed by atoms with van der Waals surface area (Å²) < 4.78 is 13.0. The van der Waals surface area contributed by atoms with Crippen LogP contribution in [0.1, 0.15) is 24.8 Å². The van der Waals surface area contributed by atoms with E-state index in [2.05, 4.69) is 5.32 Å². The third kappa shape index (κ3) is 3.17. The third-order valence-corrected chi connectivity index (χ3v) is 3.33. The van der Waals surface area contributed by atoms with Crippen LogP contribution in [0, 0.1) is 11.7 Å². The highest BCUT2D eigenvalue weighted by Crippen LogP contribution is 2.25. The van der Waals surface area contributed by atoms with Crippen molar-refractivity contribution < 1.29 is 14.6 Å². The summed E-state index contributed by atoms with van der Waals surface area (Å²) in [7, 11) is 0. The van der Waals surface area contributed by atoms with Crippen molar-refractivity contribution in [3.05, 3.63) is 29.6 Å². The zero-order chi connectivity index (χ0) is 12.3. The van der Waals surface area contributed by atoms with Crippen LogP contribution in [0.3, 0.4) is 0 Å². The zero-order valence-corrected chi connectivity index (χ0v) is 9.69. The first-order valence-electron chi connectivity index (χ1n) is 6.02. The van der Waals surface area contributed by atoms with Gasteiger partial charge in [0, 0.05) is 12.1 Å². The summed E-state index contributed by atoms with van der Waals surface area (Å²) in [4.78, 5) is 0. The SMILES string of the molecule is Oc1c(F)cccc1CNCC1CCC(O)C1. The molecule has 3 nitrogen and oxygen atoms in total. The highest BCUT2D eigenvalue weighted by molar-refractivity contribution is 5.33. The second-order valence-corrected chi connectivity index (χ2v) is 4.71. The topological polar surface area (TPSA) is 52.5 Å². The standard InChI is InChI=1S/C13H18FNO2/c14-12-3-1-2-10(13(12)17)8-15-7-9-4-5-11(16)6-9/h1-3,9,11,15-17H,4-8H2. The maximum Gasteiger partial charge on any atom is 0.165 e. The van der Waals surface area contributed by atoms with Crippen LogP contribution < -0.4 is 5.32 Å². The fourth-order valence-corrected chi connectivity index (χ4v) is 2.35. The van der Waals surface area contributed by atoms with Crippen LogP contribution in [0.4, 0.5) is 4.39 Å². The van der Waals surface area contributed by atoms with Gasteiger partial charge in [0.05, 0.1) is 6.10 Å². The van der Waals surface area contributed by atoms with Gasteiger partial charge in [-0.05, 0) is 37.8 Å². The lowest BCUT2D eigenvalue weighted by Gasteiger charge is -2.11. The average Bonchev–Trinajstić information content (AvgIpc) is 2.70. The molecule has 0 radical (unpaired) electrons. The fourth-order valence-electron chi connectivity index (χ4n) is 2.35. The number of aliphatic hydroxyl groups is 1. The van der Waals surface area contributed by atoms with E-state index in [-0.39, 0.29) is 11.9 Å². The van der Waals surface area contributed by atoms with Gasteiger partial charge in [0.25, 0.3) is 0 Å². The van der Waals surface area contributed by atoms with Crippen LogP contribution >= 0.6 is 0 Å². The molecule has 0 amide bonds. The molecule has 0 aliphatic heterocycles. The minimum atomic E-state index is -0.583. The minimum absolute atomic E-state index is 0.163. The van der Waals surface area contributed by atoms with Crippen LogP contribution in [0.15, 0.2) is 18.2 Å². The molecule has 0 spiro atoms. The molecule has 1 fully saturated rings. The van der Waals surface area contributed by atoms with Crippen LogP contribution in [-0.4, -0.2) is 22.9 Å². The Balaban J connectivity index is 1.80. The Morgan fingerprint density at radius 2 is 2.18 bits per heavy atom. The monoisotopic (exact) mass is 239 g/mol. The van der Waals surface area contributed by atoms with E-state index in [1.807, 2.05) is 0 Å². The first kappa shape index (κ1) is 12.3. The number of hydrogen-bond donors (Lipinski definition) is 3. The number of nitrogens with one attached hydrogen (secondary N) is 1. The first-order chi connectivity index (χ1) is 8.16. The van der Waals surface area contributed by atoms with Crippen molar-refractivity contribution in [1.29, 1.82) is 0 Å². The van der Waals surface area contributed by atoms with E-state index in [0.29, 0.717) is 18.0 Å². The number of benzene rings is 1. The minimum Gasteiger partial charge on any atom is -0.505 e. The Kier molecular flexibility index (Phi) is 3.97. The lowest BCUT2D eigenvalue weighted by atomic mass is 10.1. The summed E-state index contributed by atoms with van der Waals surface area (Å²) >= 11 is 0. The number of halogens is 1. The molecule has 2 atom stereocenters. The Hall–Kier alpha value is -1.13. The van der Waals surface area contributed by atoms with Gasteiger partial charge < -0.3 is 15.5 Å². The molecule has 2 rings (SSSR count). The maximum absolute atomic E-state index is 13.0. The molecule has 1 aromatic carbocycles. The van der Waals surface area contributed by atoms with Crippen molar-refractivity contribution >= 4 is 0 Å². The van der Waals surface area contributed by atoms with Gasteiger partial charge in [-0.25, -0.2) is 4.39 Å². The lowest BCUT2D eigenvalue weighted by Crippen LogP contribution is -2.21. The first-order valence-corrected chi connectivity index (χ1v) is 6.02. The molecule has 4 heteroatoms. The van der Waals surface area contributed by atoms with Crippen molar-refractivity contribution in [2.75, 3.05) is 6.54 Å². The Labute approximate surface area is 100 Å². The van der Waals surface area contributed by atoms with Gasteiger partial charge in [-0.1, -0.05) is 12.1 Å². The van der Waals surface area contributed by atoms with Gasteiger partial charge in [-0.3, -0.25) is 0 Å². The molecule has 1 aliphatic rings. The number of aromatic hydroxyl groups is 1. The fraction of sp³-hybridized carbons (Fsp3) is 0.538. The Morgan fingerprint density at radius 1 is 1.35 bits per heavy atom. The van der Waals surface area contributed by atoms with Gasteiger partial charge in [-0.2, -0.15) is 0 Å². The van der Waals surface area contributed by atoms with Crippen molar-refractivity contribution in [1.82, 2.24) is 5.32 Å². The van der Waals surface area contributed by atoms with E-state index in [1.165, 1.54) is 6.07 Å². The van der Waals surface area contributed by atoms with Crippen molar-refractivity contribution in [3.63, 3.8) is 0 Å². The molecule has 0 bridgehead atoms. The molecule has 1 saturated carbocycles. The molecule has 3 N–H and O–H groups in total. The van der Waals surface area contributed by atoms with Crippen molar-refractivity contribution in [2.45, 2.75) is 31.9 Å². The predicted octanol–water partition coefficient (Wildman–Crippen LogP) is 1.78. The highest BCUT2D eigenvalue weighted by Gasteiger charge is 2.22. The third-order valence-electron chi connectivity index (χ3n) is 3.33. The number of hydrogen-bond acceptors (Lipinski definition) is 3. The van der Waals surface area contributed by atoms with Gasteiger partial charge >= 0.3 is 0 Å². The summed E-state index contributed by atoms with van der Waals surface area (Å²) in [6, 6.07) is 4.53.